The van der Waals surface area contributed by atoms with E-state index in [-0.39, 0.29) is 6.03 Å². The quantitative estimate of drug-likeness (QED) is 0.930. The van der Waals surface area contributed by atoms with Gasteiger partial charge >= 0.3 is 6.03 Å². The third-order valence-corrected chi connectivity index (χ3v) is 5.05. The molecule has 0 spiro atoms. The predicted molar refractivity (Wildman–Crippen MR) is 93.3 cm³/mol. The van der Waals surface area contributed by atoms with E-state index in [2.05, 4.69) is 35.4 Å². The summed E-state index contributed by atoms with van der Waals surface area (Å²) in [7, 11) is 0. The van der Waals surface area contributed by atoms with E-state index in [9.17, 15) is 4.79 Å². The Morgan fingerprint density at radius 1 is 1.36 bits per heavy atom. The van der Waals surface area contributed by atoms with Crippen molar-refractivity contribution in [2.24, 2.45) is 5.92 Å². The maximum atomic E-state index is 12.8. The van der Waals surface area contributed by atoms with Crippen molar-refractivity contribution in [1.29, 1.82) is 0 Å². The van der Waals surface area contributed by atoms with E-state index in [1.807, 2.05) is 27.7 Å². The molecule has 2 aromatic rings. The van der Waals surface area contributed by atoms with E-state index in [0.717, 1.165) is 23.9 Å². The summed E-state index contributed by atoms with van der Waals surface area (Å²) in [6.45, 7) is 7.36. The van der Waals surface area contributed by atoms with Gasteiger partial charge in [0.25, 0.3) is 0 Å². The number of nitrogens with zero attached hydrogens (tertiary/aromatic N) is 4. The Kier molecular flexibility index (Phi) is 4.17. The average molecular weight is 341 g/mol. The molecule has 3 heterocycles. The number of para-hydroxylation sites is 1. The SMILES string of the molecule is CC(C)C1CN(C(=O)NCc2nnc3n2CCOC3)c2ccccc21. The Morgan fingerprint density at radius 3 is 3.04 bits per heavy atom. The van der Waals surface area contributed by atoms with Crippen molar-refractivity contribution in [3.05, 3.63) is 41.5 Å². The van der Waals surface area contributed by atoms with E-state index < -0.39 is 0 Å². The van der Waals surface area contributed by atoms with Crippen molar-refractivity contribution in [1.82, 2.24) is 20.1 Å². The van der Waals surface area contributed by atoms with Gasteiger partial charge in [-0.3, -0.25) is 4.90 Å². The van der Waals surface area contributed by atoms with Crippen LogP contribution in [-0.2, 0) is 24.4 Å². The van der Waals surface area contributed by atoms with Crippen molar-refractivity contribution in [2.45, 2.75) is 39.5 Å². The van der Waals surface area contributed by atoms with Gasteiger partial charge in [0.2, 0.25) is 0 Å². The molecule has 1 unspecified atom stereocenters. The fraction of sp³-hybridized carbons (Fsp3) is 0.500. The molecule has 4 rings (SSSR count). The Hall–Kier alpha value is -2.41. The van der Waals surface area contributed by atoms with E-state index in [1.165, 1.54) is 5.56 Å². The number of urea groups is 1. The van der Waals surface area contributed by atoms with Gasteiger partial charge in [0.15, 0.2) is 11.6 Å². The summed E-state index contributed by atoms with van der Waals surface area (Å²) in [5.74, 6) is 2.46. The molecule has 1 atom stereocenters. The lowest BCUT2D eigenvalue weighted by Crippen LogP contribution is -2.40. The first kappa shape index (κ1) is 16.1. The van der Waals surface area contributed by atoms with Gasteiger partial charge in [-0.2, -0.15) is 0 Å². The molecule has 0 aliphatic carbocycles. The molecule has 0 fully saturated rings. The summed E-state index contributed by atoms with van der Waals surface area (Å²) < 4.78 is 7.40. The molecule has 1 aromatic heterocycles. The first-order chi connectivity index (χ1) is 12.1. The van der Waals surface area contributed by atoms with Gasteiger partial charge in [0.05, 0.1) is 13.2 Å². The van der Waals surface area contributed by atoms with Gasteiger partial charge < -0.3 is 14.6 Å². The number of aromatic nitrogens is 3. The van der Waals surface area contributed by atoms with Crippen LogP contribution in [0, 0.1) is 5.92 Å². The number of carbonyl (C=O) groups is 1. The van der Waals surface area contributed by atoms with Crippen LogP contribution in [0.4, 0.5) is 10.5 Å². The zero-order valence-electron chi connectivity index (χ0n) is 14.6. The minimum Gasteiger partial charge on any atom is -0.372 e. The summed E-state index contributed by atoms with van der Waals surface area (Å²) in [5, 5.41) is 11.3. The van der Waals surface area contributed by atoms with E-state index in [0.29, 0.717) is 38.1 Å². The lowest BCUT2D eigenvalue weighted by Gasteiger charge is -2.20. The average Bonchev–Trinajstić information content (AvgIpc) is 3.21. The van der Waals surface area contributed by atoms with E-state index >= 15 is 0 Å². The fourth-order valence-electron chi connectivity index (χ4n) is 3.64. The highest BCUT2D eigenvalue weighted by Gasteiger charge is 2.33. The molecule has 7 heteroatoms. The Bertz CT molecular complexity index is 786. The van der Waals surface area contributed by atoms with Gasteiger partial charge in [-0.15, -0.1) is 10.2 Å². The minimum absolute atomic E-state index is 0.0833. The third kappa shape index (κ3) is 2.89. The van der Waals surface area contributed by atoms with Crippen LogP contribution in [0.3, 0.4) is 0 Å². The standard InChI is InChI=1S/C18H23N5O2/c1-12(2)14-10-23(15-6-4-3-5-13(14)15)18(24)19-9-16-20-21-17-11-25-8-7-22(16)17/h3-6,12,14H,7-11H2,1-2H3,(H,19,24). The maximum Gasteiger partial charge on any atom is 0.322 e. The fourth-order valence-corrected chi connectivity index (χ4v) is 3.64. The molecule has 0 bridgehead atoms. The number of fused-ring (bicyclic) bond motifs is 2. The molecule has 1 aromatic carbocycles. The first-order valence-electron chi connectivity index (χ1n) is 8.78. The Balaban J connectivity index is 1.48. The first-order valence-corrected chi connectivity index (χ1v) is 8.78. The lowest BCUT2D eigenvalue weighted by molar-refractivity contribution is 0.0805. The number of hydrogen-bond donors (Lipinski definition) is 1. The lowest BCUT2D eigenvalue weighted by atomic mass is 9.90. The molecular weight excluding hydrogens is 318 g/mol. The molecule has 25 heavy (non-hydrogen) atoms. The highest BCUT2D eigenvalue weighted by Crippen LogP contribution is 2.39. The van der Waals surface area contributed by atoms with Crippen LogP contribution in [0.1, 0.15) is 37.0 Å². The summed E-state index contributed by atoms with van der Waals surface area (Å²) in [6.07, 6.45) is 0. The van der Waals surface area contributed by atoms with Gasteiger partial charge in [0, 0.05) is 24.7 Å². The van der Waals surface area contributed by atoms with Crippen molar-refractivity contribution in [3.63, 3.8) is 0 Å². The number of amides is 2. The number of nitrogens with one attached hydrogen (secondary N) is 1. The second kappa shape index (κ2) is 6.48. The summed E-state index contributed by atoms with van der Waals surface area (Å²) >= 11 is 0. The van der Waals surface area contributed by atoms with E-state index in [4.69, 9.17) is 4.74 Å². The van der Waals surface area contributed by atoms with Crippen LogP contribution in [0.2, 0.25) is 0 Å². The molecule has 7 nitrogen and oxygen atoms in total. The van der Waals surface area contributed by atoms with E-state index in [1.54, 1.807) is 0 Å². The number of ether oxygens (including phenoxy) is 1. The number of carbonyl (C=O) groups excluding carboxylic acids is 1. The highest BCUT2D eigenvalue weighted by atomic mass is 16.5. The molecule has 2 aliphatic heterocycles. The molecule has 2 aliphatic rings. The van der Waals surface area contributed by atoms with Gasteiger partial charge in [-0.1, -0.05) is 32.0 Å². The van der Waals surface area contributed by atoms with Gasteiger partial charge in [-0.05, 0) is 17.5 Å². The molecule has 0 radical (unpaired) electrons. The zero-order valence-corrected chi connectivity index (χ0v) is 14.6. The van der Waals surface area contributed by atoms with Crippen LogP contribution in [0.25, 0.3) is 0 Å². The summed E-state index contributed by atoms with van der Waals surface area (Å²) in [6, 6.07) is 8.09. The predicted octanol–water partition coefficient (Wildman–Crippen LogP) is 2.28. The van der Waals surface area contributed by atoms with Gasteiger partial charge in [-0.25, -0.2) is 4.79 Å². The normalized spacial score (nSPS) is 19.0. The number of anilines is 1. The minimum atomic E-state index is -0.0833. The second-order valence-electron chi connectivity index (χ2n) is 6.92. The van der Waals surface area contributed by atoms with Crippen LogP contribution in [0.15, 0.2) is 24.3 Å². The summed E-state index contributed by atoms with van der Waals surface area (Å²) in [4.78, 5) is 14.6. The molecule has 1 N–H and O–H groups in total. The second-order valence-corrected chi connectivity index (χ2v) is 6.92. The molecule has 2 amide bonds. The number of rotatable bonds is 3. The number of benzene rings is 1. The third-order valence-electron chi connectivity index (χ3n) is 5.05. The molecular formula is C18H23N5O2. The largest absolute Gasteiger partial charge is 0.372 e. The Labute approximate surface area is 147 Å². The monoisotopic (exact) mass is 341 g/mol. The van der Waals surface area contributed by atoms with Crippen LogP contribution >= 0.6 is 0 Å². The highest BCUT2D eigenvalue weighted by molar-refractivity contribution is 5.94. The Morgan fingerprint density at radius 2 is 2.20 bits per heavy atom. The molecule has 0 saturated heterocycles. The van der Waals surface area contributed by atoms with Gasteiger partial charge in [0.1, 0.15) is 6.61 Å². The molecule has 132 valence electrons. The summed E-state index contributed by atoms with van der Waals surface area (Å²) in [5.41, 5.74) is 2.26. The zero-order chi connectivity index (χ0) is 17.4. The van der Waals surface area contributed by atoms with Crippen molar-refractivity contribution in [3.8, 4) is 0 Å². The van der Waals surface area contributed by atoms with Crippen LogP contribution in [-0.4, -0.2) is 33.9 Å². The van der Waals surface area contributed by atoms with Crippen LogP contribution in [0.5, 0.6) is 0 Å². The van der Waals surface area contributed by atoms with Crippen molar-refractivity contribution < 1.29 is 9.53 Å². The maximum absolute atomic E-state index is 12.8. The van der Waals surface area contributed by atoms with Crippen molar-refractivity contribution in [2.75, 3.05) is 18.1 Å². The molecule has 0 saturated carbocycles. The topological polar surface area (TPSA) is 72.3 Å². The van der Waals surface area contributed by atoms with Crippen LogP contribution < -0.4 is 10.2 Å². The van der Waals surface area contributed by atoms with Crippen molar-refractivity contribution >= 4 is 11.7 Å². The smallest absolute Gasteiger partial charge is 0.322 e. The number of hydrogen-bond acceptors (Lipinski definition) is 4.